The van der Waals surface area contributed by atoms with Gasteiger partial charge in [0.05, 0.1) is 11.3 Å². The van der Waals surface area contributed by atoms with Crippen LogP contribution >= 0.6 is 0 Å². The zero-order chi connectivity index (χ0) is 17.9. The van der Waals surface area contributed by atoms with Crippen molar-refractivity contribution >= 4 is 6.09 Å². The number of carbonyl (C=O) groups excluding carboxylic acids is 1. The molecule has 0 aliphatic rings. The summed E-state index contributed by atoms with van der Waals surface area (Å²) in [6.07, 6.45) is -0.279. The van der Waals surface area contributed by atoms with Gasteiger partial charge in [0.2, 0.25) is 0 Å². The molecule has 2 aromatic rings. The summed E-state index contributed by atoms with van der Waals surface area (Å²) < 4.78 is 32.0. The average Bonchev–Trinajstić information content (AvgIpc) is 2.86. The maximum atomic E-state index is 12.8. The Morgan fingerprint density at radius 1 is 1.38 bits per heavy atom. The summed E-state index contributed by atoms with van der Waals surface area (Å²) in [5.74, 6) is 0.422. The molecule has 0 aromatic carbocycles. The van der Waals surface area contributed by atoms with E-state index in [9.17, 15) is 13.6 Å². The minimum Gasteiger partial charge on any atom is -0.444 e. The number of alkyl halides is 2. The molecule has 0 bridgehead atoms. The number of amides is 1. The van der Waals surface area contributed by atoms with Crippen LogP contribution in [-0.2, 0) is 11.3 Å². The third-order valence-electron chi connectivity index (χ3n) is 3.05. The Hall–Kier alpha value is -2.51. The Balaban J connectivity index is 2.01. The highest BCUT2D eigenvalue weighted by Crippen LogP contribution is 2.22. The van der Waals surface area contributed by atoms with Gasteiger partial charge in [0.1, 0.15) is 5.60 Å². The number of hydrogen-bond donors (Lipinski definition) is 1. The highest BCUT2D eigenvalue weighted by Gasteiger charge is 2.17. The van der Waals surface area contributed by atoms with Crippen LogP contribution in [0.3, 0.4) is 0 Å². The van der Waals surface area contributed by atoms with E-state index < -0.39 is 18.1 Å². The van der Waals surface area contributed by atoms with E-state index in [0.29, 0.717) is 5.82 Å². The number of hydrogen-bond acceptors (Lipinski definition) is 4. The first-order chi connectivity index (χ1) is 11.2. The van der Waals surface area contributed by atoms with Crippen LogP contribution in [0.1, 0.15) is 44.0 Å². The Kier molecular flexibility index (Phi) is 5.16. The normalized spacial score (nSPS) is 11.6. The summed E-state index contributed by atoms with van der Waals surface area (Å²) in [6, 6.07) is 3.38. The molecular formula is C16H20F2N4O2. The summed E-state index contributed by atoms with van der Waals surface area (Å²) >= 11 is 0. The Labute approximate surface area is 138 Å². The molecule has 1 amide bonds. The average molecular weight is 338 g/mol. The number of halogens is 2. The molecule has 0 saturated heterocycles. The van der Waals surface area contributed by atoms with Gasteiger partial charge in [0.25, 0.3) is 6.43 Å². The summed E-state index contributed by atoms with van der Waals surface area (Å²) in [4.78, 5) is 15.8. The molecule has 0 saturated carbocycles. The van der Waals surface area contributed by atoms with Crippen LogP contribution in [0, 0.1) is 6.92 Å². The number of aromatic nitrogens is 3. The number of aryl methyl sites for hydroxylation is 1. The molecule has 2 heterocycles. The SMILES string of the molecule is Cc1nn(-c2ccc(CNC(=O)OC(C)(C)C)cn2)cc1C(F)F. The number of pyridine rings is 1. The lowest BCUT2D eigenvalue weighted by Gasteiger charge is -2.19. The summed E-state index contributed by atoms with van der Waals surface area (Å²) in [5.41, 5.74) is 0.338. The quantitative estimate of drug-likeness (QED) is 0.926. The van der Waals surface area contributed by atoms with Crippen molar-refractivity contribution in [2.45, 2.75) is 46.3 Å². The van der Waals surface area contributed by atoms with Crippen molar-refractivity contribution < 1.29 is 18.3 Å². The maximum absolute atomic E-state index is 12.8. The molecule has 2 aromatic heterocycles. The number of nitrogens with one attached hydrogen (secondary N) is 1. The van der Waals surface area contributed by atoms with Gasteiger partial charge in [-0.1, -0.05) is 6.07 Å². The van der Waals surface area contributed by atoms with Crippen LogP contribution in [0.4, 0.5) is 13.6 Å². The lowest BCUT2D eigenvalue weighted by Crippen LogP contribution is -2.32. The van der Waals surface area contributed by atoms with E-state index in [1.807, 2.05) is 0 Å². The Morgan fingerprint density at radius 2 is 2.08 bits per heavy atom. The third kappa shape index (κ3) is 4.74. The third-order valence-corrected chi connectivity index (χ3v) is 3.05. The number of ether oxygens (including phenoxy) is 1. The summed E-state index contributed by atoms with van der Waals surface area (Å²) in [5, 5.41) is 6.65. The van der Waals surface area contributed by atoms with Gasteiger partial charge in [-0.15, -0.1) is 0 Å². The maximum Gasteiger partial charge on any atom is 0.407 e. The van der Waals surface area contributed by atoms with E-state index in [0.717, 1.165) is 5.56 Å². The molecule has 130 valence electrons. The van der Waals surface area contributed by atoms with Crippen LogP contribution < -0.4 is 5.32 Å². The fourth-order valence-electron chi connectivity index (χ4n) is 1.95. The number of alkyl carbamates (subject to hydrolysis) is 1. The van der Waals surface area contributed by atoms with E-state index in [1.165, 1.54) is 17.8 Å². The fraction of sp³-hybridized carbons (Fsp3) is 0.438. The van der Waals surface area contributed by atoms with Crippen molar-refractivity contribution in [3.63, 3.8) is 0 Å². The smallest absolute Gasteiger partial charge is 0.407 e. The van der Waals surface area contributed by atoms with Crippen LogP contribution in [-0.4, -0.2) is 26.5 Å². The second-order valence-corrected chi connectivity index (χ2v) is 6.30. The zero-order valence-electron chi connectivity index (χ0n) is 14.0. The minimum absolute atomic E-state index is 0.118. The topological polar surface area (TPSA) is 69.0 Å². The van der Waals surface area contributed by atoms with Gasteiger partial charge in [0.15, 0.2) is 5.82 Å². The zero-order valence-corrected chi connectivity index (χ0v) is 14.0. The molecule has 0 unspecified atom stereocenters. The lowest BCUT2D eigenvalue weighted by atomic mass is 10.2. The van der Waals surface area contributed by atoms with Crippen LogP contribution in [0.5, 0.6) is 0 Å². The molecule has 0 fully saturated rings. The van der Waals surface area contributed by atoms with Crippen molar-refractivity contribution in [3.05, 3.63) is 41.3 Å². The molecule has 8 heteroatoms. The molecule has 0 atom stereocenters. The van der Waals surface area contributed by atoms with Crippen LogP contribution in [0.15, 0.2) is 24.5 Å². The first kappa shape index (κ1) is 17.8. The molecule has 0 aliphatic carbocycles. The molecule has 1 N–H and O–H groups in total. The standard InChI is InChI=1S/C16H20F2N4O2/c1-10-12(14(17)18)9-22(21-10)13-6-5-11(7-19-13)8-20-15(23)24-16(2,3)4/h5-7,9,14H,8H2,1-4H3,(H,20,23). The molecule has 0 aliphatic heterocycles. The molecule has 2 rings (SSSR count). The number of carbonyl (C=O) groups is 1. The second kappa shape index (κ2) is 6.94. The molecular weight excluding hydrogens is 318 g/mol. The first-order valence-corrected chi connectivity index (χ1v) is 7.42. The predicted molar refractivity (Wildman–Crippen MR) is 84.1 cm³/mol. The minimum atomic E-state index is -2.57. The first-order valence-electron chi connectivity index (χ1n) is 7.42. The van der Waals surface area contributed by atoms with Gasteiger partial charge in [-0.2, -0.15) is 5.10 Å². The van der Waals surface area contributed by atoms with Crippen molar-refractivity contribution in [2.75, 3.05) is 0 Å². The van der Waals surface area contributed by atoms with Gasteiger partial charge in [-0.3, -0.25) is 0 Å². The summed E-state index contributed by atoms with van der Waals surface area (Å²) in [6.45, 7) is 7.12. The van der Waals surface area contributed by atoms with E-state index in [-0.39, 0.29) is 17.8 Å². The highest BCUT2D eigenvalue weighted by atomic mass is 19.3. The second-order valence-electron chi connectivity index (χ2n) is 6.30. The fourth-order valence-corrected chi connectivity index (χ4v) is 1.95. The Morgan fingerprint density at radius 3 is 2.58 bits per heavy atom. The van der Waals surface area contributed by atoms with Crippen molar-refractivity contribution in [3.8, 4) is 5.82 Å². The molecule has 6 nitrogen and oxygen atoms in total. The van der Waals surface area contributed by atoms with E-state index in [4.69, 9.17) is 4.74 Å². The van der Waals surface area contributed by atoms with Gasteiger partial charge >= 0.3 is 6.09 Å². The molecule has 24 heavy (non-hydrogen) atoms. The number of rotatable bonds is 4. The van der Waals surface area contributed by atoms with Crippen LogP contribution in [0.25, 0.3) is 5.82 Å². The van der Waals surface area contributed by atoms with Crippen molar-refractivity contribution in [1.82, 2.24) is 20.1 Å². The van der Waals surface area contributed by atoms with E-state index >= 15 is 0 Å². The van der Waals surface area contributed by atoms with Gasteiger partial charge in [-0.25, -0.2) is 23.2 Å². The van der Waals surface area contributed by atoms with Gasteiger partial charge < -0.3 is 10.1 Å². The molecule has 0 radical (unpaired) electrons. The molecule has 0 spiro atoms. The van der Waals surface area contributed by atoms with E-state index in [2.05, 4.69) is 15.4 Å². The van der Waals surface area contributed by atoms with Crippen LogP contribution in [0.2, 0.25) is 0 Å². The predicted octanol–water partition coefficient (Wildman–Crippen LogP) is 3.54. The highest BCUT2D eigenvalue weighted by molar-refractivity contribution is 5.67. The summed E-state index contributed by atoms with van der Waals surface area (Å²) in [7, 11) is 0. The van der Waals surface area contributed by atoms with E-state index in [1.54, 1.807) is 39.1 Å². The number of nitrogens with zero attached hydrogens (tertiary/aromatic N) is 3. The largest absolute Gasteiger partial charge is 0.444 e. The monoisotopic (exact) mass is 338 g/mol. The van der Waals surface area contributed by atoms with Gasteiger partial charge in [-0.05, 0) is 39.3 Å². The Bertz CT molecular complexity index is 706. The van der Waals surface area contributed by atoms with Crippen molar-refractivity contribution in [2.24, 2.45) is 0 Å². The van der Waals surface area contributed by atoms with Crippen molar-refractivity contribution in [1.29, 1.82) is 0 Å². The lowest BCUT2D eigenvalue weighted by molar-refractivity contribution is 0.0523. The van der Waals surface area contributed by atoms with Gasteiger partial charge in [0, 0.05) is 18.9 Å².